The molecule has 0 radical (unpaired) electrons. The van der Waals surface area contributed by atoms with Crippen LogP contribution in [0.1, 0.15) is 34.1 Å². The average molecular weight is 338 g/mol. The van der Waals surface area contributed by atoms with Crippen molar-refractivity contribution in [2.45, 2.75) is 25.5 Å². The molecule has 1 aromatic rings. The summed E-state index contributed by atoms with van der Waals surface area (Å²) < 4.78 is 0. The first-order valence-electron chi connectivity index (χ1n) is 7.42. The quantitative estimate of drug-likeness (QED) is 0.198. The lowest BCUT2D eigenvalue weighted by molar-refractivity contribution is -0.133. The topological polar surface area (TPSA) is 154 Å². The Morgan fingerprint density at radius 1 is 1.12 bits per heavy atom. The number of hydroxylamine groups is 1. The smallest absolute Gasteiger partial charge is 0.268 e. The van der Waals surface area contributed by atoms with Gasteiger partial charge in [0, 0.05) is 17.7 Å². The van der Waals surface area contributed by atoms with Crippen molar-refractivity contribution in [2.75, 3.05) is 13.1 Å². The fourth-order valence-corrected chi connectivity index (χ4v) is 1.88. The molecule has 0 aliphatic rings. The molecule has 9 nitrogen and oxygen atoms in total. The fraction of sp³-hybridized carbons (Fsp3) is 0.400. The van der Waals surface area contributed by atoms with Gasteiger partial charge in [0.1, 0.15) is 6.04 Å². The number of carbonyl (C=O) groups is 3. The van der Waals surface area contributed by atoms with Gasteiger partial charge in [-0.15, -0.1) is 0 Å². The Labute approximate surface area is 139 Å². The first-order valence-corrected chi connectivity index (χ1v) is 7.42. The second-order valence-corrected chi connectivity index (χ2v) is 5.14. The zero-order valence-corrected chi connectivity index (χ0v) is 13.3. The minimum Gasteiger partial charge on any atom is -0.391 e. The van der Waals surface area contributed by atoms with E-state index in [9.17, 15) is 19.5 Å². The number of aliphatic hydroxyl groups excluding tert-OH is 1. The Kier molecular flexibility index (Phi) is 7.83. The second kappa shape index (κ2) is 9.60. The molecule has 0 fully saturated rings. The van der Waals surface area contributed by atoms with Crippen molar-refractivity contribution in [2.24, 2.45) is 5.73 Å². The van der Waals surface area contributed by atoms with E-state index in [0.29, 0.717) is 25.1 Å². The molecular formula is C15H22N4O5. The molecule has 0 saturated carbocycles. The Morgan fingerprint density at radius 3 is 2.12 bits per heavy atom. The average Bonchev–Trinajstić information content (AvgIpc) is 2.58. The summed E-state index contributed by atoms with van der Waals surface area (Å²) in [7, 11) is 0. The summed E-state index contributed by atoms with van der Waals surface area (Å²) in [6.45, 7) is 2.24. The number of benzene rings is 1. The molecule has 0 saturated heterocycles. The molecule has 1 rings (SSSR count). The van der Waals surface area contributed by atoms with Gasteiger partial charge in [0.2, 0.25) is 0 Å². The van der Waals surface area contributed by atoms with Crippen molar-refractivity contribution >= 4 is 17.7 Å². The predicted octanol–water partition coefficient (Wildman–Crippen LogP) is -1.25. The van der Waals surface area contributed by atoms with Crippen LogP contribution < -0.4 is 21.8 Å². The molecule has 0 aliphatic heterocycles. The van der Waals surface area contributed by atoms with Crippen LogP contribution in [0.4, 0.5) is 0 Å². The number of aliphatic hydroxyl groups is 1. The largest absolute Gasteiger partial charge is 0.391 e. The third-order valence-corrected chi connectivity index (χ3v) is 3.24. The minimum absolute atomic E-state index is 0.199. The lowest BCUT2D eigenvalue weighted by atomic mass is 10.1. The Morgan fingerprint density at radius 2 is 1.67 bits per heavy atom. The zero-order chi connectivity index (χ0) is 18.1. The van der Waals surface area contributed by atoms with Crippen LogP contribution in [0, 0.1) is 0 Å². The van der Waals surface area contributed by atoms with Crippen LogP contribution in [-0.4, -0.2) is 53.3 Å². The molecular weight excluding hydrogens is 316 g/mol. The molecule has 9 heteroatoms. The Balaban J connectivity index is 2.72. The third kappa shape index (κ3) is 5.61. The highest BCUT2D eigenvalue weighted by Gasteiger charge is 2.25. The number of hydrogen-bond donors (Lipinski definition) is 6. The van der Waals surface area contributed by atoms with Crippen LogP contribution in [0.5, 0.6) is 0 Å². The van der Waals surface area contributed by atoms with E-state index in [2.05, 4.69) is 10.6 Å². The number of carbonyl (C=O) groups excluding carboxylic acids is 3. The second-order valence-electron chi connectivity index (χ2n) is 5.14. The van der Waals surface area contributed by atoms with Gasteiger partial charge in [-0.2, -0.15) is 0 Å². The van der Waals surface area contributed by atoms with Crippen molar-refractivity contribution in [1.82, 2.24) is 16.1 Å². The number of amides is 3. The van der Waals surface area contributed by atoms with Crippen LogP contribution in [0.25, 0.3) is 0 Å². The van der Waals surface area contributed by atoms with Gasteiger partial charge >= 0.3 is 0 Å². The highest BCUT2D eigenvalue weighted by atomic mass is 16.5. The van der Waals surface area contributed by atoms with E-state index in [-0.39, 0.29) is 11.5 Å². The number of rotatable bonds is 8. The Bertz CT molecular complexity index is 574. The van der Waals surface area contributed by atoms with Gasteiger partial charge in [-0.05, 0) is 44.2 Å². The van der Waals surface area contributed by atoms with E-state index in [1.54, 1.807) is 0 Å². The van der Waals surface area contributed by atoms with E-state index >= 15 is 0 Å². The number of nitrogens with one attached hydrogen (secondary N) is 3. The first kappa shape index (κ1) is 19.6. The summed E-state index contributed by atoms with van der Waals surface area (Å²) in [4.78, 5) is 35.3. The summed E-state index contributed by atoms with van der Waals surface area (Å²) >= 11 is 0. The molecule has 0 heterocycles. The molecule has 2 atom stereocenters. The normalized spacial score (nSPS) is 12.8. The lowest BCUT2D eigenvalue weighted by Gasteiger charge is -2.19. The molecule has 2 unspecified atom stereocenters. The molecule has 24 heavy (non-hydrogen) atoms. The van der Waals surface area contributed by atoms with Gasteiger partial charge in [0.15, 0.2) is 0 Å². The van der Waals surface area contributed by atoms with E-state index in [0.717, 1.165) is 0 Å². The third-order valence-electron chi connectivity index (χ3n) is 3.24. The van der Waals surface area contributed by atoms with Gasteiger partial charge in [0.05, 0.1) is 6.10 Å². The number of hydrogen-bond acceptors (Lipinski definition) is 6. The predicted molar refractivity (Wildman–Crippen MR) is 85.3 cm³/mol. The maximum atomic E-state index is 12.1. The van der Waals surface area contributed by atoms with Gasteiger partial charge in [0.25, 0.3) is 17.7 Å². The number of nitrogens with two attached hydrogens (primary N) is 1. The van der Waals surface area contributed by atoms with E-state index in [4.69, 9.17) is 10.9 Å². The first-order chi connectivity index (χ1) is 11.4. The molecule has 1 aromatic carbocycles. The van der Waals surface area contributed by atoms with Gasteiger partial charge in [-0.25, -0.2) is 5.48 Å². The van der Waals surface area contributed by atoms with E-state index in [1.165, 1.54) is 36.7 Å². The van der Waals surface area contributed by atoms with E-state index in [1.807, 2.05) is 0 Å². The van der Waals surface area contributed by atoms with Crippen molar-refractivity contribution in [3.8, 4) is 0 Å². The van der Waals surface area contributed by atoms with Crippen LogP contribution in [0.2, 0.25) is 0 Å². The van der Waals surface area contributed by atoms with Crippen LogP contribution >= 0.6 is 0 Å². The highest BCUT2D eigenvalue weighted by molar-refractivity contribution is 5.99. The minimum atomic E-state index is -1.30. The SMILES string of the molecule is CC(O)C(NC(=O)c1ccc(C(=O)NCCCN)cc1)C(=O)NO. The monoisotopic (exact) mass is 338 g/mol. The molecule has 0 spiro atoms. The fourth-order valence-electron chi connectivity index (χ4n) is 1.88. The van der Waals surface area contributed by atoms with Crippen molar-refractivity contribution in [1.29, 1.82) is 0 Å². The molecule has 7 N–H and O–H groups in total. The standard InChI is InChI=1S/C15H22N4O5/c1-9(20)12(15(23)19-24)18-14(22)11-5-3-10(4-6-11)13(21)17-8-2-7-16/h3-6,9,12,20,24H,2,7-8,16H2,1H3,(H,17,21)(H,18,22)(H,19,23). The van der Waals surface area contributed by atoms with Crippen molar-refractivity contribution in [3.05, 3.63) is 35.4 Å². The van der Waals surface area contributed by atoms with Crippen molar-refractivity contribution < 1.29 is 24.7 Å². The van der Waals surface area contributed by atoms with Crippen LogP contribution in [-0.2, 0) is 4.79 Å². The Hall–Kier alpha value is -2.49. The van der Waals surface area contributed by atoms with Crippen LogP contribution in [0.15, 0.2) is 24.3 Å². The summed E-state index contributed by atoms with van der Waals surface area (Å²) in [5.41, 5.74) is 7.29. The maximum Gasteiger partial charge on any atom is 0.268 e. The summed E-state index contributed by atoms with van der Waals surface area (Å²) in [6, 6.07) is 4.47. The van der Waals surface area contributed by atoms with Crippen molar-refractivity contribution in [3.63, 3.8) is 0 Å². The maximum absolute atomic E-state index is 12.1. The zero-order valence-electron chi connectivity index (χ0n) is 13.3. The summed E-state index contributed by atoms with van der Waals surface area (Å²) in [6.07, 6.45) is -0.534. The highest BCUT2D eigenvalue weighted by Crippen LogP contribution is 2.06. The molecule has 0 aromatic heterocycles. The molecule has 3 amide bonds. The van der Waals surface area contributed by atoms with Crippen LogP contribution in [0.3, 0.4) is 0 Å². The lowest BCUT2D eigenvalue weighted by Crippen LogP contribution is -2.51. The van der Waals surface area contributed by atoms with E-state index < -0.39 is 24.0 Å². The summed E-state index contributed by atoms with van der Waals surface area (Å²) in [5.74, 6) is -1.84. The van der Waals surface area contributed by atoms with Gasteiger partial charge in [-0.1, -0.05) is 0 Å². The molecule has 0 bridgehead atoms. The molecule has 0 aliphatic carbocycles. The summed E-state index contributed by atoms with van der Waals surface area (Å²) in [5, 5.41) is 23.1. The van der Waals surface area contributed by atoms with Gasteiger partial charge < -0.3 is 21.5 Å². The van der Waals surface area contributed by atoms with Gasteiger partial charge in [-0.3, -0.25) is 19.6 Å². The molecule has 132 valence electrons.